The molecule has 474 valence electrons. The van der Waals surface area contributed by atoms with Gasteiger partial charge < -0.3 is 29.7 Å². The number of carbonyl (C=O) groups is 4. The number of anilines is 2. The number of benzene rings is 4. The number of nitrogens with zero attached hydrogens (tertiary/aromatic N) is 7. The van der Waals surface area contributed by atoms with Crippen molar-refractivity contribution in [3.63, 3.8) is 0 Å². The molecule has 4 fully saturated rings. The van der Waals surface area contributed by atoms with Crippen LogP contribution in [0.1, 0.15) is 116 Å². The summed E-state index contributed by atoms with van der Waals surface area (Å²) >= 11 is 8.04. The standard InChI is InChI=1S/C67H78ClN11O9S2/c1-67(2)24-22-47(55(39-67)45-10-12-48(68)13-11-45)42-75-29-33-77(34-30-75)50-16-18-54(60(37-50)88-51-36-46-23-25-69-63(46)71-41-51)64(81)73-90(86,87)52-17-19-57(59(38-52)79(84)85)70-40-44-8-14-49(15-9-44)76-31-27-74(28-32-76)26-3-4-35-89-61-7-5-6-53-56(61)43-78(66(53)83)58-20-21-62(80)72-65(58)82/h5-7,10-13,16-19,23,25,36-38,41,44,49,58,70H,3-4,8-9,14-15,20-22,24,26-35,39-40,42-43H2,1-2H3,(H,69,71)(H,73,81)(H,72,80,82)/t44-,49-,58?. The van der Waals surface area contributed by atoms with E-state index >= 15 is 0 Å². The summed E-state index contributed by atoms with van der Waals surface area (Å²) in [7, 11) is -4.62. The number of thioether (sulfide) groups is 1. The summed E-state index contributed by atoms with van der Waals surface area (Å²) in [5.41, 5.74) is 7.12. The summed E-state index contributed by atoms with van der Waals surface area (Å²) in [5, 5.41) is 19.7. The van der Waals surface area contributed by atoms with Gasteiger partial charge in [-0.25, -0.2) is 18.1 Å². The van der Waals surface area contributed by atoms with Crippen LogP contribution in [0.3, 0.4) is 0 Å². The second-order valence-electron chi connectivity index (χ2n) is 25.6. The smallest absolute Gasteiger partial charge is 0.293 e. The minimum Gasteiger partial charge on any atom is -0.455 e. The van der Waals surface area contributed by atoms with Gasteiger partial charge in [-0.3, -0.25) is 44.4 Å². The fourth-order valence-corrected chi connectivity index (χ4v) is 16.0. The van der Waals surface area contributed by atoms with E-state index < -0.39 is 43.4 Å². The number of fused-ring (bicyclic) bond motifs is 2. The van der Waals surface area contributed by atoms with Crippen molar-refractivity contribution in [1.29, 1.82) is 0 Å². The minimum atomic E-state index is -4.62. The molecule has 0 spiro atoms. The molecule has 2 aromatic heterocycles. The quantitative estimate of drug-likeness (QED) is 0.0172. The van der Waals surface area contributed by atoms with Crippen molar-refractivity contribution in [3.8, 4) is 11.5 Å². The molecule has 2 aliphatic carbocycles. The molecule has 4 N–H and O–H groups in total. The van der Waals surface area contributed by atoms with E-state index in [9.17, 15) is 37.7 Å². The number of imide groups is 1. The van der Waals surface area contributed by atoms with Crippen molar-refractivity contribution in [2.45, 2.75) is 113 Å². The van der Waals surface area contributed by atoms with E-state index in [4.69, 9.17) is 16.3 Å². The molecule has 4 aromatic carbocycles. The van der Waals surface area contributed by atoms with Crippen molar-refractivity contribution in [2.75, 3.05) is 88.0 Å². The summed E-state index contributed by atoms with van der Waals surface area (Å²) in [6.45, 7) is 14.5. The van der Waals surface area contributed by atoms with Crippen LogP contribution in [0.2, 0.25) is 5.02 Å². The zero-order valence-corrected chi connectivity index (χ0v) is 53.4. The number of unbranched alkanes of at least 4 members (excludes halogenated alkanes) is 1. The molecule has 6 aromatic rings. The highest BCUT2D eigenvalue weighted by atomic mass is 35.5. The number of sulfonamides is 1. The zero-order chi connectivity index (χ0) is 62.7. The molecule has 6 heterocycles. The van der Waals surface area contributed by atoms with Crippen LogP contribution in [-0.4, -0.2) is 156 Å². The van der Waals surface area contributed by atoms with Crippen molar-refractivity contribution in [3.05, 3.63) is 146 Å². The largest absolute Gasteiger partial charge is 0.455 e. The molecule has 1 saturated carbocycles. The topological polar surface area (TPSA) is 236 Å². The predicted molar refractivity (Wildman–Crippen MR) is 350 cm³/mol. The third-order valence-electron chi connectivity index (χ3n) is 19.0. The number of amides is 4. The summed E-state index contributed by atoms with van der Waals surface area (Å²) < 4.78 is 36.6. The maximum Gasteiger partial charge on any atom is 0.293 e. The Balaban J connectivity index is 0.612. The van der Waals surface area contributed by atoms with Crippen LogP contribution in [0.25, 0.3) is 16.6 Å². The fraction of sp³-hybridized carbons (Fsp3) is 0.448. The van der Waals surface area contributed by atoms with E-state index in [1.165, 1.54) is 35.0 Å². The number of halogens is 1. The Morgan fingerprint density at radius 1 is 0.878 bits per heavy atom. The Bertz CT molecular complexity index is 3840. The first-order valence-corrected chi connectivity index (χ1v) is 34.4. The molecule has 1 atom stereocenters. The molecule has 0 bridgehead atoms. The van der Waals surface area contributed by atoms with Crippen LogP contribution in [0.5, 0.6) is 11.5 Å². The number of ether oxygens (including phenoxy) is 1. The number of nitrogens with one attached hydrogen (secondary N) is 4. The van der Waals surface area contributed by atoms with Gasteiger partial charge in [-0.1, -0.05) is 49.2 Å². The molecule has 20 nitrogen and oxygen atoms in total. The van der Waals surface area contributed by atoms with Gasteiger partial charge in [0.1, 0.15) is 28.9 Å². The lowest BCUT2D eigenvalue weighted by atomic mass is 9.72. The van der Waals surface area contributed by atoms with E-state index in [-0.39, 0.29) is 46.6 Å². The highest BCUT2D eigenvalue weighted by Crippen LogP contribution is 2.44. The number of carbonyl (C=O) groups excluding carboxylic acids is 4. The van der Waals surface area contributed by atoms with Gasteiger partial charge in [-0.2, -0.15) is 0 Å². The Hall–Kier alpha value is -7.34. The number of pyridine rings is 1. The van der Waals surface area contributed by atoms with Gasteiger partial charge in [0.2, 0.25) is 11.8 Å². The number of nitro groups is 1. The number of hydrogen-bond donors (Lipinski definition) is 4. The number of hydrogen-bond acceptors (Lipinski definition) is 16. The van der Waals surface area contributed by atoms with E-state index in [1.807, 2.05) is 30.3 Å². The SMILES string of the molecule is CC1(C)CCC(CN2CCN(c3ccc(C(=O)NS(=O)(=O)c4ccc(NC[C@H]5CC[C@H](N6CCN(CCCCSc7cccc8c7CN(C7CCC(=O)NC7=O)C8=O)CC6)CC5)c([N+](=O)[O-])c4)c(Oc4cnc5[nH]ccc5c4)c3)CC2)=C(c2ccc(Cl)cc2)C1. The zero-order valence-electron chi connectivity index (χ0n) is 51.0. The molecule has 6 aliphatic rings. The van der Waals surface area contributed by atoms with Gasteiger partial charge >= 0.3 is 0 Å². The molecule has 4 amide bonds. The molecule has 0 radical (unpaired) electrons. The maximum atomic E-state index is 14.2. The molecular weight excluding hydrogens is 1200 g/mol. The van der Waals surface area contributed by atoms with Crippen LogP contribution in [-0.2, 0) is 26.2 Å². The van der Waals surface area contributed by atoms with Crippen LogP contribution in [0.4, 0.5) is 17.1 Å². The number of H-pyrrole nitrogens is 1. The van der Waals surface area contributed by atoms with Crippen molar-refractivity contribution < 1.29 is 37.3 Å². The van der Waals surface area contributed by atoms with Gasteiger partial charge in [-0.05, 0) is 165 Å². The number of aromatic amines is 1. The monoisotopic (exact) mass is 1280 g/mol. The Kier molecular flexibility index (Phi) is 19.0. The molecule has 90 heavy (non-hydrogen) atoms. The molecule has 23 heteroatoms. The summed E-state index contributed by atoms with van der Waals surface area (Å²) in [4.78, 5) is 83.3. The van der Waals surface area contributed by atoms with E-state index in [1.54, 1.807) is 47.1 Å². The number of aromatic nitrogens is 2. The van der Waals surface area contributed by atoms with Crippen LogP contribution < -0.4 is 25.0 Å². The Labute approximate surface area is 534 Å². The van der Waals surface area contributed by atoms with E-state index in [0.717, 1.165) is 149 Å². The average molecular weight is 1280 g/mol. The van der Waals surface area contributed by atoms with Gasteiger partial charge in [0.15, 0.2) is 0 Å². The fourth-order valence-electron chi connectivity index (χ4n) is 13.8. The number of piperidine rings is 1. The Morgan fingerprint density at radius 2 is 1.66 bits per heavy atom. The third-order valence-corrected chi connectivity index (χ3v) is 21.8. The highest BCUT2D eigenvalue weighted by Gasteiger charge is 2.40. The predicted octanol–water partition coefficient (Wildman–Crippen LogP) is 10.7. The second kappa shape index (κ2) is 27.2. The van der Waals surface area contributed by atoms with Gasteiger partial charge in [0.25, 0.3) is 27.5 Å². The molecular formula is C67H78ClN11O9S2. The van der Waals surface area contributed by atoms with Crippen LogP contribution in [0.15, 0.2) is 119 Å². The minimum absolute atomic E-state index is 0.0433. The molecule has 3 saturated heterocycles. The number of rotatable bonds is 21. The summed E-state index contributed by atoms with van der Waals surface area (Å²) in [6, 6.07) is 26.2. The second-order valence-corrected chi connectivity index (χ2v) is 28.9. The Morgan fingerprint density at radius 3 is 2.42 bits per heavy atom. The lowest BCUT2D eigenvalue weighted by Gasteiger charge is -2.42. The lowest BCUT2D eigenvalue weighted by molar-refractivity contribution is -0.384. The highest BCUT2D eigenvalue weighted by molar-refractivity contribution is 7.99. The first-order chi connectivity index (χ1) is 43.4. The van der Waals surface area contributed by atoms with E-state index in [2.05, 4.69) is 77.0 Å². The molecule has 1 unspecified atom stereocenters. The van der Waals surface area contributed by atoms with Crippen molar-refractivity contribution >= 4 is 90.7 Å². The lowest BCUT2D eigenvalue weighted by Crippen LogP contribution is -2.52. The normalized spacial score (nSPS) is 21.1. The third kappa shape index (κ3) is 14.5. The van der Waals surface area contributed by atoms with Gasteiger partial charge in [0.05, 0.1) is 21.6 Å². The van der Waals surface area contributed by atoms with Crippen LogP contribution in [0, 0.1) is 21.4 Å². The first kappa shape index (κ1) is 62.8. The van der Waals surface area contributed by atoms with Gasteiger partial charge in [0, 0.05) is 129 Å². The number of allylic oxidation sites excluding steroid dienone is 1. The maximum absolute atomic E-state index is 14.2. The number of nitro benzene ring substituents is 1. The van der Waals surface area contributed by atoms with Crippen molar-refractivity contribution in [2.24, 2.45) is 11.3 Å². The van der Waals surface area contributed by atoms with Crippen LogP contribution >= 0.6 is 23.4 Å². The summed E-state index contributed by atoms with van der Waals surface area (Å²) in [6.07, 6.45) is 13.1. The molecule has 4 aliphatic heterocycles. The summed E-state index contributed by atoms with van der Waals surface area (Å²) in [5.74, 6) is -0.129. The van der Waals surface area contributed by atoms with Crippen molar-refractivity contribution in [1.82, 2.24) is 39.6 Å². The van der Waals surface area contributed by atoms with E-state index in [0.29, 0.717) is 55.6 Å². The first-order valence-electron chi connectivity index (χ1n) is 31.5. The average Bonchev–Trinajstić information content (AvgIpc) is 1.60. The molecule has 12 rings (SSSR count). The van der Waals surface area contributed by atoms with Gasteiger partial charge in [-0.15, -0.1) is 11.8 Å². The number of piperazine rings is 2.